The molecule has 2 heterocycles. The van der Waals surface area contributed by atoms with Crippen LogP contribution in [0.3, 0.4) is 0 Å². The van der Waals surface area contributed by atoms with Crippen molar-refractivity contribution in [1.82, 2.24) is 10.2 Å². The molecule has 0 bridgehead atoms. The summed E-state index contributed by atoms with van der Waals surface area (Å²) in [5.41, 5.74) is 2.71. The summed E-state index contributed by atoms with van der Waals surface area (Å²) in [7, 11) is 0. The average Bonchev–Trinajstić information content (AvgIpc) is 2.75. The smallest absolute Gasteiger partial charge is 0.235 e. The van der Waals surface area contributed by atoms with Crippen LogP contribution in [0, 0.1) is 6.92 Å². The molecule has 0 amide bonds. The number of nitrogens with zero attached hydrogens (tertiary/aromatic N) is 3. The minimum Gasteiger partial charge on any atom is -0.424 e. The maximum atomic E-state index is 5.44. The third-order valence-corrected chi connectivity index (χ3v) is 3.10. The SMILES string of the molecule is Cc1nnc(CN2CCCc3ccccc32)o1. The third kappa shape index (κ3) is 2.02. The molecule has 0 aliphatic carbocycles. The van der Waals surface area contributed by atoms with Crippen molar-refractivity contribution in [3.8, 4) is 0 Å². The highest BCUT2D eigenvalue weighted by Gasteiger charge is 2.18. The summed E-state index contributed by atoms with van der Waals surface area (Å²) in [5.74, 6) is 1.32. The van der Waals surface area contributed by atoms with Gasteiger partial charge in [-0.2, -0.15) is 0 Å². The van der Waals surface area contributed by atoms with Crippen molar-refractivity contribution in [2.45, 2.75) is 26.3 Å². The molecule has 88 valence electrons. The van der Waals surface area contributed by atoms with Gasteiger partial charge in [0.25, 0.3) is 0 Å². The van der Waals surface area contributed by atoms with Crippen molar-refractivity contribution in [3.05, 3.63) is 41.6 Å². The van der Waals surface area contributed by atoms with E-state index in [1.165, 1.54) is 17.7 Å². The lowest BCUT2D eigenvalue weighted by molar-refractivity contribution is 0.459. The predicted molar refractivity (Wildman–Crippen MR) is 64.8 cm³/mol. The van der Waals surface area contributed by atoms with E-state index < -0.39 is 0 Å². The lowest BCUT2D eigenvalue weighted by Gasteiger charge is -2.29. The van der Waals surface area contributed by atoms with E-state index in [4.69, 9.17) is 4.42 Å². The fourth-order valence-corrected chi connectivity index (χ4v) is 2.34. The molecule has 0 fully saturated rings. The molecular formula is C13H15N3O. The van der Waals surface area contributed by atoms with Crippen LogP contribution < -0.4 is 4.90 Å². The van der Waals surface area contributed by atoms with Gasteiger partial charge < -0.3 is 9.32 Å². The van der Waals surface area contributed by atoms with Gasteiger partial charge in [0.2, 0.25) is 11.8 Å². The zero-order valence-electron chi connectivity index (χ0n) is 9.89. The second kappa shape index (κ2) is 4.20. The van der Waals surface area contributed by atoms with Crippen molar-refractivity contribution in [3.63, 3.8) is 0 Å². The maximum absolute atomic E-state index is 5.44. The first kappa shape index (κ1) is 10.3. The van der Waals surface area contributed by atoms with Crippen molar-refractivity contribution < 1.29 is 4.42 Å². The van der Waals surface area contributed by atoms with Crippen LogP contribution in [0.1, 0.15) is 23.8 Å². The standard InChI is InChI=1S/C13H15N3O/c1-10-14-15-13(17-10)9-16-8-4-6-11-5-2-3-7-12(11)16/h2-3,5,7H,4,6,8-9H2,1H3. The minimum atomic E-state index is 0.630. The molecule has 0 saturated heterocycles. The molecule has 4 heteroatoms. The highest BCUT2D eigenvalue weighted by atomic mass is 16.4. The summed E-state index contributed by atoms with van der Waals surface area (Å²) < 4.78 is 5.44. The number of para-hydroxylation sites is 1. The van der Waals surface area contributed by atoms with Gasteiger partial charge in [-0.15, -0.1) is 10.2 Å². The lowest BCUT2D eigenvalue weighted by atomic mass is 10.0. The summed E-state index contributed by atoms with van der Waals surface area (Å²) in [6, 6.07) is 8.54. The van der Waals surface area contributed by atoms with E-state index in [-0.39, 0.29) is 0 Å². The highest BCUT2D eigenvalue weighted by molar-refractivity contribution is 5.55. The molecule has 3 rings (SSSR count). The number of fused-ring (bicyclic) bond motifs is 1. The van der Waals surface area contributed by atoms with Crippen LogP contribution in [0.25, 0.3) is 0 Å². The second-order valence-electron chi connectivity index (χ2n) is 4.37. The fraction of sp³-hybridized carbons (Fsp3) is 0.385. The molecular weight excluding hydrogens is 214 g/mol. The normalized spacial score (nSPS) is 14.8. The van der Waals surface area contributed by atoms with Crippen molar-refractivity contribution in [2.24, 2.45) is 0 Å². The molecule has 0 radical (unpaired) electrons. The molecule has 2 aromatic rings. The minimum absolute atomic E-state index is 0.630. The summed E-state index contributed by atoms with van der Waals surface area (Å²) in [5, 5.41) is 7.92. The van der Waals surface area contributed by atoms with Crippen LogP contribution in [-0.2, 0) is 13.0 Å². The fourth-order valence-electron chi connectivity index (χ4n) is 2.34. The highest BCUT2D eigenvalue weighted by Crippen LogP contribution is 2.27. The van der Waals surface area contributed by atoms with Crippen molar-refractivity contribution >= 4 is 5.69 Å². The van der Waals surface area contributed by atoms with Crippen LogP contribution in [0.15, 0.2) is 28.7 Å². The summed E-state index contributed by atoms with van der Waals surface area (Å²) in [6.45, 7) is 3.58. The van der Waals surface area contributed by atoms with Gasteiger partial charge in [-0.05, 0) is 24.5 Å². The quantitative estimate of drug-likeness (QED) is 0.792. The predicted octanol–water partition coefficient (Wildman–Crippen LogP) is 2.33. The maximum Gasteiger partial charge on any atom is 0.235 e. The average molecular weight is 229 g/mol. The molecule has 1 aromatic heterocycles. The Bertz CT molecular complexity index is 521. The zero-order valence-corrected chi connectivity index (χ0v) is 9.89. The molecule has 0 unspecified atom stereocenters. The van der Waals surface area contributed by atoms with Gasteiger partial charge in [0, 0.05) is 19.2 Å². The third-order valence-electron chi connectivity index (χ3n) is 3.10. The topological polar surface area (TPSA) is 42.2 Å². The molecule has 1 aliphatic heterocycles. The molecule has 1 aliphatic rings. The van der Waals surface area contributed by atoms with Gasteiger partial charge in [0.15, 0.2) is 0 Å². The van der Waals surface area contributed by atoms with Gasteiger partial charge >= 0.3 is 0 Å². The first-order valence-corrected chi connectivity index (χ1v) is 5.95. The Morgan fingerprint density at radius 1 is 1.29 bits per heavy atom. The lowest BCUT2D eigenvalue weighted by Crippen LogP contribution is -2.28. The summed E-state index contributed by atoms with van der Waals surface area (Å²) in [6.07, 6.45) is 2.35. The Kier molecular flexibility index (Phi) is 2.55. The molecule has 17 heavy (non-hydrogen) atoms. The Morgan fingerprint density at radius 2 is 2.18 bits per heavy atom. The van der Waals surface area contributed by atoms with E-state index in [2.05, 4.69) is 39.4 Å². The van der Waals surface area contributed by atoms with E-state index in [0.717, 1.165) is 13.0 Å². The van der Waals surface area contributed by atoms with Gasteiger partial charge in [-0.1, -0.05) is 18.2 Å². The number of aryl methyl sites for hydroxylation is 2. The number of hydrogen-bond acceptors (Lipinski definition) is 4. The Hall–Kier alpha value is -1.84. The van der Waals surface area contributed by atoms with Gasteiger partial charge in [-0.25, -0.2) is 0 Å². The number of hydrogen-bond donors (Lipinski definition) is 0. The van der Waals surface area contributed by atoms with Crippen LogP contribution in [0.4, 0.5) is 5.69 Å². The number of aromatic nitrogens is 2. The van der Waals surface area contributed by atoms with Crippen LogP contribution >= 0.6 is 0 Å². The van der Waals surface area contributed by atoms with Crippen LogP contribution in [0.5, 0.6) is 0 Å². The molecule has 0 N–H and O–H groups in total. The van der Waals surface area contributed by atoms with Crippen LogP contribution in [0.2, 0.25) is 0 Å². The summed E-state index contributed by atoms with van der Waals surface area (Å²) in [4.78, 5) is 2.31. The Labute approximate surface area is 100 Å². The largest absolute Gasteiger partial charge is 0.424 e. The number of rotatable bonds is 2. The van der Waals surface area contributed by atoms with Crippen molar-refractivity contribution in [2.75, 3.05) is 11.4 Å². The van der Waals surface area contributed by atoms with Gasteiger partial charge in [0.05, 0.1) is 6.54 Å². The van der Waals surface area contributed by atoms with E-state index in [1.807, 2.05) is 6.92 Å². The summed E-state index contributed by atoms with van der Waals surface area (Å²) >= 11 is 0. The first-order chi connectivity index (χ1) is 8.33. The van der Waals surface area contributed by atoms with E-state index in [1.54, 1.807) is 0 Å². The van der Waals surface area contributed by atoms with Gasteiger partial charge in [0.1, 0.15) is 0 Å². The molecule has 0 spiro atoms. The van der Waals surface area contributed by atoms with E-state index in [9.17, 15) is 0 Å². The number of benzene rings is 1. The Balaban J connectivity index is 1.85. The molecule has 0 saturated carbocycles. The first-order valence-electron chi connectivity index (χ1n) is 5.95. The van der Waals surface area contributed by atoms with E-state index in [0.29, 0.717) is 18.3 Å². The zero-order chi connectivity index (χ0) is 11.7. The Morgan fingerprint density at radius 3 is 3.00 bits per heavy atom. The van der Waals surface area contributed by atoms with E-state index >= 15 is 0 Å². The molecule has 1 aromatic carbocycles. The number of anilines is 1. The monoisotopic (exact) mass is 229 g/mol. The molecule has 0 atom stereocenters. The van der Waals surface area contributed by atoms with Gasteiger partial charge in [-0.3, -0.25) is 0 Å². The second-order valence-corrected chi connectivity index (χ2v) is 4.37. The van der Waals surface area contributed by atoms with Crippen molar-refractivity contribution in [1.29, 1.82) is 0 Å². The van der Waals surface area contributed by atoms with Crippen LogP contribution in [-0.4, -0.2) is 16.7 Å². The molecule has 4 nitrogen and oxygen atoms in total.